The zero-order valence-corrected chi connectivity index (χ0v) is 11.4. The Balaban J connectivity index is 2.81. The third-order valence-corrected chi connectivity index (χ3v) is 3.33. The van der Waals surface area contributed by atoms with Gasteiger partial charge in [0.1, 0.15) is 11.6 Å². The number of rotatable bonds is 3. The number of nitrogens with zero attached hydrogens (tertiary/aromatic N) is 1. The smallest absolute Gasteiger partial charge is 0.426 e. The molecule has 0 saturated carbocycles. The van der Waals surface area contributed by atoms with Crippen LogP contribution in [-0.2, 0) is 24.0 Å². The van der Waals surface area contributed by atoms with Crippen molar-refractivity contribution in [1.82, 2.24) is 4.31 Å². The van der Waals surface area contributed by atoms with Gasteiger partial charge in [-0.15, -0.1) is 0 Å². The lowest BCUT2D eigenvalue weighted by molar-refractivity contribution is -0.137. The number of halogens is 2. The minimum atomic E-state index is -4.32. The second-order valence-electron chi connectivity index (χ2n) is 4.77. The zero-order valence-electron chi connectivity index (χ0n) is 10.6. The Bertz CT molecular complexity index is 432. The van der Waals surface area contributed by atoms with Crippen LogP contribution in [0.2, 0.25) is 0 Å². The third kappa shape index (κ3) is 4.55. The Hall–Kier alpha value is -1.00. The molecule has 0 aromatic carbocycles. The van der Waals surface area contributed by atoms with Crippen LogP contribution in [0.1, 0.15) is 20.8 Å². The van der Waals surface area contributed by atoms with Crippen LogP contribution in [0, 0.1) is 0 Å². The van der Waals surface area contributed by atoms with Gasteiger partial charge < -0.3 is 9.47 Å². The summed E-state index contributed by atoms with van der Waals surface area (Å²) in [5, 5.41) is 0. The molecule has 1 rings (SSSR count). The van der Waals surface area contributed by atoms with Gasteiger partial charge in [-0.3, -0.25) is 4.18 Å². The van der Waals surface area contributed by atoms with Crippen LogP contribution in [0.5, 0.6) is 0 Å². The van der Waals surface area contributed by atoms with Crippen LogP contribution in [0.3, 0.4) is 0 Å². The number of amides is 1. The number of hydrogen-bond acceptors (Lipinski definition) is 6. The number of hydrogen-bond donors (Lipinski definition) is 0. The van der Waals surface area contributed by atoms with E-state index in [-0.39, 0.29) is 4.31 Å². The quantitative estimate of drug-likeness (QED) is 0.776. The van der Waals surface area contributed by atoms with Crippen LogP contribution >= 0.6 is 0 Å². The fraction of sp³-hybridized carbons (Fsp3) is 0.889. The molecule has 0 bridgehead atoms. The molecular weight excluding hydrogens is 288 g/mol. The Morgan fingerprint density at radius 2 is 2.05 bits per heavy atom. The maximum Gasteiger partial charge on any atom is 0.426 e. The first kappa shape index (κ1) is 16.1. The van der Waals surface area contributed by atoms with Crippen LogP contribution < -0.4 is 0 Å². The van der Waals surface area contributed by atoms with E-state index in [1.807, 2.05) is 0 Å². The molecule has 112 valence electrons. The minimum absolute atomic E-state index is 0.278. The van der Waals surface area contributed by atoms with Gasteiger partial charge in [-0.05, 0) is 20.8 Å². The van der Waals surface area contributed by atoms with Gasteiger partial charge >= 0.3 is 23.0 Å². The van der Waals surface area contributed by atoms with Crippen molar-refractivity contribution in [1.29, 1.82) is 0 Å². The van der Waals surface area contributed by atoms with E-state index in [0.29, 0.717) is 0 Å². The molecule has 1 aliphatic heterocycles. The largest absolute Gasteiger partial charge is 0.443 e. The van der Waals surface area contributed by atoms with Crippen LogP contribution in [0.15, 0.2) is 0 Å². The Kier molecular flexibility index (Phi) is 4.69. The summed E-state index contributed by atoms with van der Waals surface area (Å²) in [4.78, 5) is 11.7. The normalized spacial score (nSPS) is 22.8. The first-order chi connectivity index (χ1) is 8.53. The van der Waals surface area contributed by atoms with Gasteiger partial charge in [0.2, 0.25) is 0 Å². The second-order valence-corrected chi connectivity index (χ2v) is 6.25. The highest BCUT2D eigenvalue weighted by Gasteiger charge is 2.45. The van der Waals surface area contributed by atoms with Gasteiger partial charge in [0.15, 0.2) is 0 Å². The molecule has 0 aromatic rings. The van der Waals surface area contributed by atoms with Crippen LogP contribution in [0.4, 0.5) is 13.6 Å². The summed E-state index contributed by atoms with van der Waals surface area (Å²) in [5.41, 5.74) is -0.927. The van der Waals surface area contributed by atoms with Crippen molar-refractivity contribution in [3.05, 3.63) is 0 Å². The summed E-state index contributed by atoms with van der Waals surface area (Å²) in [5.74, 6) is 0. The van der Waals surface area contributed by atoms with E-state index in [1.54, 1.807) is 20.8 Å². The average Bonchev–Trinajstić information content (AvgIpc) is 2.47. The molecule has 0 aromatic heterocycles. The van der Waals surface area contributed by atoms with Crippen molar-refractivity contribution in [2.75, 3.05) is 13.2 Å². The monoisotopic (exact) mass is 303 g/mol. The molecule has 1 amide bonds. The van der Waals surface area contributed by atoms with Crippen molar-refractivity contribution < 1.29 is 35.6 Å². The molecule has 1 aliphatic rings. The molecule has 10 heteroatoms. The van der Waals surface area contributed by atoms with Crippen molar-refractivity contribution in [2.24, 2.45) is 0 Å². The van der Waals surface area contributed by atoms with Gasteiger partial charge in [-0.25, -0.2) is 4.79 Å². The van der Waals surface area contributed by atoms with E-state index in [0.717, 1.165) is 0 Å². The van der Waals surface area contributed by atoms with Gasteiger partial charge in [-0.2, -0.15) is 21.5 Å². The second kappa shape index (κ2) is 5.55. The maximum absolute atomic E-state index is 11.9. The van der Waals surface area contributed by atoms with E-state index in [2.05, 4.69) is 8.92 Å². The number of carbonyl (C=O) groups is 1. The van der Waals surface area contributed by atoms with E-state index in [1.165, 1.54) is 0 Å². The predicted molar refractivity (Wildman–Crippen MR) is 58.7 cm³/mol. The van der Waals surface area contributed by atoms with Crippen LogP contribution in [-0.4, -0.2) is 50.3 Å². The van der Waals surface area contributed by atoms with E-state index >= 15 is 0 Å². The average molecular weight is 303 g/mol. The molecule has 0 N–H and O–H groups in total. The maximum atomic E-state index is 11.9. The van der Waals surface area contributed by atoms with E-state index in [9.17, 15) is 22.0 Å². The van der Waals surface area contributed by atoms with E-state index in [4.69, 9.17) is 4.74 Å². The molecule has 7 nitrogen and oxygen atoms in total. The molecule has 1 atom stereocenters. The summed E-state index contributed by atoms with van der Waals surface area (Å²) in [6.07, 6.45) is -1.19. The summed E-state index contributed by atoms with van der Waals surface area (Å²) < 4.78 is 60.4. The van der Waals surface area contributed by atoms with Crippen molar-refractivity contribution in [2.45, 2.75) is 39.0 Å². The molecule has 1 saturated heterocycles. The first-order valence-corrected chi connectivity index (χ1v) is 6.71. The molecule has 1 fully saturated rings. The number of carbonyl (C=O) groups excluding carboxylic acids is 1. The lowest BCUT2D eigenvalue weighted by Gasteiger charge is -2.25. The van der Waals surface area contributed by atoms with Crippen molar-refractivity contribution in [3.8, 4) is 0 Å². The summed E-state index contributed by atoms with van der Waals surface area (Å²) >= 11 is 0. The Morgan fingerprint density at radius 3 is 2.53 bits per heavy atom. The van der Waals surface area contributed by atoms with E-state index < -0.39 is 47.9 Å². The Morgan fingerprint density at radius 1 is 1.47 bits per heavy atom. The van der Waals surface area contributed by atoms with Gasteiger partial charge in [0.25, 0.3) is 0 Å². The summed E-state index contributed by atoms with van der Waals surface area (Å²) in [6, 6.07) is -1.17. The third-order valence-electron chi connectivity index (χ3n) is 1.97. The molecule has 19 heavy (non-hydrogen) atoms. The summed E-state index contributed by atoms with van der Waals surface area (Å²) in [6.45, 7) is 0.436. The number of alkyl halides is 2. The Labute approximate surface area is 109 Å². The molecule has 0 radical (unpaired) electrons. The lowest BCUT2D eigenvalue weighted by Crippen LogP contribution is -2.44. The van der Waals surface area contributed by atoms with Crippen molar-refractivity contribution >= 4 is 16.4 Å². The predicted octanol–water partition coefficient (Wildman–Crippen LogP) is 1.11. The molecule has 0 unspecified atom stereocenters. The first-order valence-electron chi connectivity index (χ1n) is 5.34. The van der Waals surface area contributed by atoms with Crippen molar-refractivity contribution in [3.63, 3.8) is 0 Å². The lowest BCUT2D eigenvalue weighted by atomic mass is 10.2. The zero-order chi connectivity index (χ0) is 14.8. The fourth-order valence-electron chi connectivity index (χ4n) is 1.32. The van der Waals surface area contributed by atoms with Gasteiger partial charge in [-0.1, -0.05) is 0 Å². The molecule has 0 spiro atoms. The van der Waals surface area contributed by atoms with Crippen LogP contribution in [0.25, 0.3) is 0 Å². The SMILES string of the molecule is CC(C)(C)OC(=O)N1[C@@H](COC(F)F)COS1(=O)=O. The topological polar surface area (TPSA) is 82.1 Å². The molecular formula is C9H15F2NO6S. The molecule has 0 aliphatic carbocycles. The highest BCUT2D eigenvalue weighted by molar-refractivity contribution is 7.85. The minimum Gasteiger partial charge on any atom is -0.443 e. The molecule has 1 heterocycles. The standard InChI is InChI=1S/C9H15F2NO6S/c1-9(2,3)18-8(13)12-6(4-16-7(10)11)5-17-19(12,14)15/h6-7H,4-5H2,1-3H3/t6-/m0/s1. The number of ether oxygens (including phenoxy) is 2. The summed E-state index contributed by atoms with van der Waals surface area (Å²) in [7, 11) is -4.32. The highest BCUT2D eigenvalue weighted by atomic mass is 32.2. The van der Waals surface area contributed by atoms with Gasteiger partial charge in [0.05, 0.1) is 13.2 Å². The fourth-order valence-corrected chi connectivity index (χ4v) is 2.47. The van der Waals surface area contributed by atoms with Gasteiger partial charge in [0, 0.05) is 0 Å². The highest BCUT2D eigenvalue weighted by Crippen LogP contribution is 2.23.